The molecule has 0 aliphatic rings. The monoisotopic (exact) mass is 556 g/mol. The van der Waals surface area contributed by atoms with Gasteiger partial charge in [0.1, 0.15) is 5.84 Å². The molecule has 2 aromatic heterocycles. The molecule has 0 saturated heterocycles. The smallest absolute Gasteiger partial charge is 0.201 e. The molecular weight excluding hydrogens is 529 g/mol. The summed E-state index contributed by atoms with van der Waals surface area (Å²) in [4.78, 5) is 2.60. The Hall–Kier alpha value is -0.990. The lowest BCUT2D eigenvalue weighted by Gasteiger charge is -2.06. The number of sulfone groups is 2. The molecule has 180 valence electrons. The molecule has 3 N–H and O–H groups in total. The van der Waals surface area contributed by atoms with Crippen molar-refractivity contribution in [1.29, 1.82) is 5.41 Å². The van der Waals surface area contributed by atoms with Gasteiger partial charge in [0, 0.05) is 4.88 Å². The average molecular weight is 557 g/mol. The van der Waals surface area contributed by atoms with Crippen molar-refractivity contribution in [3.63, 3.8) is 0 Å². The number of thiocarbonyl (C=S) groups is 1. The summed E-state index contributed by atoms with van der Waals surface area (Å²) in [5, 5.41) is 6.76. The molecule has 32 heavy (non-hydrogen) atoms. The van der Waals surface area contributed by atoms with Gasteiger partial charge in [0.05, 0.1) is 41.4 Å². The number of thiophene rings is 2. The van der Waals surface area contributed by atoms with Crippen LogP contribution in [-0.2, 0) is 24.4 Å². The van der Waals surface area contributed by atoms with Gasteiger partial charge in [0.15, 0.2) is 19.7 Å². The fourth-order valence-corrected chi connectivity index (χ4v) is 8.72. The van der Waals surface area contributed by atoms with E-state index in [0.29, 0.717) is 28.8 Å². The number of rotatable bonds is 7. The normalized spacial score (nSPS) is 11.9. The Morgan fingerprint density at radius 2 is 1.50 bits per heavy atom. The second-order valence-electron chi connectivity index (χ2n) is 7.09. The summed E-state index contributed by atoms with van der Waals surface area (Å²) in [7, 11) is -5.05. The second-order valence-corrected chi connectivity index (χ2v) is 15.8. The zero-order chi connectivity index (χ0) is 25.0. The molecule has 0 saturated carbocycles. The first-order valence-corrected chi connectivity index (χ1v) is 15.7. The van der Waals surface area contributed by atoms with Crippen molar-refractivity contribution in [3.8, 4) is 0 Å². The zero-order valence-electron chi connectivity index (χ0n) is 18.9. The molecule has 0 spiro atoms. The summed E-state index contributed by atoms with van der Waals surface area (Å²) in [5.41, 5.74) is 5.36. The van der Waals surface area contributed by atoms with Gasteiger partial charge in [-0.1, -0.05) is 0 Å². The molecule has 0 fully saturated rings. The number of nitrogen functional groups attached to an aromatic ring is 1. The van der Waals surface area contributed by atoms with Gasteiger partial charge < -0.3 is 10.5 Å². The van der Waals surface area contributed by atoms with Gasteiger partial charge in [-0.05, 0) is 65.2 Å². The Kier molecular flexibility index (Phi) is 10.4. The molecule has 7 nitrogen and oxygen atoms in total. The van der Waals surface area contributed by atoms with E-state index in [9.17, 15) is 16.8 Å². The number of methoxy groups -OCH3 is 1. The quantitative estimate of drug-likeness (QED) is 0.221. The van der Waals surface area contributed by atoms with E-state index in [2.05, 4.69) is 0 Å². The van der Waals surface area contributed by atoms with E-state index in [1.54, 1.807) is 40.7 Å². The number of nitrogens with one attached hydrogen (secondary N) is 1. The molecule has 0 aliphatic heterocycles. The van der Waals surface area contributed by atoms with Crippen molar-refractivity contribution >= 4 is 77.2 Å². The third-order valence-electron chi connectivity index (χ3n) is 4.23. The Labute approximate surface area is 208 Å². The number of ether oxygens (including phenoxy) is 1. The van der Waals surface area contributed by atoms with Crippen molar-refractivity contribution in [3.05, 3.63) is 26.8 Å². The largest absolute Gasteiger partial charge is 0.486 e. The van der Waals surface area contributed by atoms with E-state index in [1.165, 1.54) is 47.6 Å². The third kappa shape index (κ3) is 6.54. The van der Waals surface area contributed by atoms with E-state index in [1.807, 2.05) is 6.26 Å². The maximum absolute atomic E-state index is 12.0. The summed E-state index contributed by atoms with van der Waals surface area (Å²) in [6.45, 7) is 8.40. The molecule has 2 rings (SSSR count). The van der Waals surface area contributed by atoms with Gasteiger partial charge in [-0.15, -0.1) is 34.4 Å². The first-order chi connectivity index (χ1) is 14.6. The third-order valence-corrected chi connectivity index (χ3v) is 12.9. The van der Waals surface area contributed by atoms with Crippen LogP contribution < -0.4 is 5.73 Å². The van der Waals surface area contributed by atoms with Crippen LogP contribution in [0.1, 0.15) is 42.3 Å². The Bertz CT molecular complexity index is 1190. The predicted octanol–water partition coefficient (Wildman–Crippen LogP) is 4.50. The fourth-order valence-electron chi connectivity index (χ4n) is 2.29. The maximum atomic E-state index is 12.0. The number of thioether (sulfide) groups is 1. The van der Waals surface area contributed by atoms with Gasteiger partial charge >= 0.3 is 0 Å². The molecule has 2 aromatic rings. The van der Waals surface area contributed by atoms with Crippen LogP contribution in [-0.4, -0.2) is 51.6 Å². The van der Waals surface area contributed by atoms with Crippen LogP contribution in [0.2, 0.25) is 0 Å². The number of aryl methyl sites for hydroxylation is 1. The lowest BCUT2D eigenvalue weighted by atomic mass is 10.4. The van der Waals surface area contributed by atoms with Crippen LogP contribution in [0.4, 0.5) is 0 Å². The van der Waals surface area contributed by atoms with Crippen molar-refractivity contribution in [2.45, 2.75) is 59.1 Å². The van der Waals surface area contributed by atoms with Gasteiger partial charge in [0.25, 0.3) is 0 Å². The highest BCUT2D eigenvalue weighted by Gasteiger charge is 2.26. The van der Waals surface area contributed by atoms with E-state index in [4.69, 9.17) is 28.1 Å². The van der Waals surface area contributed by atoms with Crippen LogP contribution in [0.15, 0.2) is 26.1 Å². The second kappa shape index (κ2) is 11.4. The summed E-state index contributed by atoms with van der Waals surface area (Å²) in [6, 6.07) is 3.09. The van der Waals surface area contributed by atoms with Crippen LogP contribution in [0.5, 0.6) is 0 Å². The summed E-state index contributed by atoms with van der Waals surface area (Å²) in [6.07, 6.45) is 1.81. The van der Waals surface area contributed by atoms with Crippen LogP contribution >= 0.6 is 46.7 Å². The first kappa shape index (κ1) is 29.0. The van der Waals surface area contributed by atoms with E-state index in [-0.39, 0.29) is 5.84 Å². The SMILES string of the molecule is COC(=S)c1cc(S(=O)(=O)C(C)C)c(C)s1.CSc1sc(C(=N)N)cc1S(=O)(=O)C(C)C. The molecule has 0 atom stereocenters. The molecular formula is C19H28N2O5S6. The minimum atomic E-state index is -3.29. The summed E-state index contributed by atoms with van der Waals surface area (Å²) in [5.74, 6) is -0.0921. The van der Waals surface area contributed by atoms with Crippen LogP contribution in [0, 0.1) is 12.3 Å². The van der Waals surface area contributed by atoms with Gasteiger partial charge in [0.2, 0.25) is 5.05 Å². The number of hydrogen-bond acceptors (Lipinski definition) is 10. The number of amidine groups is 1. The molecule has 0 aliphatic carbocycles. The van der Waals surface area contributed by atoms with Gasteiger partial charge in [-0.25, -0.2) is 16.8 Å². The summed E-state index contributed by atoms with van der Waals surface area (Å²) < 4.78 is 53.7. The fraction of sp³-hybridized carbons (Fsp3) is 0.474. The van der Waals surface area contributed by atoms with E-state index >= 15 is 0 Å². The topological polar surface area (TPSA) is 127 Å². The predicted molar refractivity (Wildman–Crippen MR) is 140 cm³/mol. The maximum Gasteiger partial charge on any atom is 0.201 e. The average Bonchev–Trinajstić information content (AvgIpc) is 3.32. The Morgan fingerprint density at radius 1 is 1.03 bits per heavy atom. The first-order valence-electron chi connectivity index (χ1n) is 9.29. The van der Waals surface area contributed by atoms with Crippen molar-refractivity contribution in [1.82, 2.24) is 0 Å². The molecule has 0 amide bonds. The standard InChI is InChI=1S/C10H14O3S3.C9H14N2O2S3/c1-6(2)16(11,12)9-5-8(10(14)13-4)15-7(9)3;1-5(2)16(12,13)7-4-6(8(10)11)15-9(7)14-3/h5-6H,1-4H3;4-5H,1-3H3,(H3,10,11). The van der Waals surface area contributed by atoms with Gasteiger partial charge in [-0.2, -0.15) is 0 Å². The summed E-state index contributed by atoms with van der Waals surface area (Å²) >= 11 is 8.93. The lowest BCUT2D eigenvalue weighted by molar-refractivity contribution is 0.417. The van der Waals surface area contributed by atoms with E-state index in [0.717, 1.165) is 4.88 Å². The molecule has 0 bridgehead atoms. The molecule has 0 radical (unpaired) electrons. The molecule has 0 unspecified atom stereocenters. The lowest BCUT2D eigenvalue weighted by Crippen LogP contribution is -2.14. The zero-order valence-corrected chi connectivity index (χ0v) is 23.8. The number of hydrogen-bond donors (Lipinski definition) is 2. The van der Waals surface area contributed by atoms with Crippen LogP contribution in [0.25, 0.3) is 0 Å². The van der Waals surface area contributed by atoms with Gasteiger partial charge in [-0.3, -0.25) is 5.41 Å². The minimum absolute atomic E-state index is 0.0921. The highest BCUT2D eigenvalue weighted by molar-refractivity contribution is 8.01. The molecule has 0 aromatic carbocycles. The molecule has 2 heterocycles. The highest BCUT2D eigenvalue weighted by atomic mass is 32.2. The van der Waals surface area contributed by atoms with Crippen molar-refractivity contribution in [2.24, 2.45) is 5.73 Å². The van der Waals surface area contributed by atoms with Crippen molar-refractivity contribution in [2.75, 3.05) is 13.4 Å². The Morgan fingerprint density at radius 3 is 1.91 bits per heavy atom. The minimum Gasteiger partial charge on any atom is -0.486 e. The highest BCUT2D eigenvalue weighted by Crippen LogP contribution is 2.35. The Balaban J connectivity index is 0.000000320. The van der Waals surface area contributed by atoms with E-state index < -0.39 is 30.2 Å². The van der Waals surface area contributed by atoms with Crippen LogP contribution in [0.3, 0.4) is 0 Å². The number of nitrogens with two attached hydrogens (primary N) is 1. The molecule has 13 heteroatoms. The van der Waals surface area contributed by atoms with Crippen molar-refractivity contribution < 1.29 is 21.6 Å².